The summed E-state index contributed by atoms with van der Waals surface area (Å²) in [5, 5.41) is 9.05. The number of piperidine rings is 1. The minimum absolute atomic E-state index is 0.172. The maximum Gasteiger partial charge on any atom is 0.323 e. The SMILES string of the molecule is CSC[C@@H](C)C(=O)N(CC(=O)O)C1CCN(S(C)(=O)=O)CC1. The molecule has 0 radical (unpaired) electrons. The molecule has 0 aromatic carbocycles. The number of thioether (sulfide) groups is 1. The number of carbonyl (C=O) groups excluding carboxylic acids is 1. The first-order valence-corrected chi connectivity index (χ1v) is 10.4. The highest BCUT2D eigenvalue weighted by Gasteiger charge is 2.33. The van der Waals surface area contributed by atoms with Crippen LogP contribution in [0.3, 0.4) is 0 Å². The van der Waals surface area contributed by atoms with Gasteiger partial charge in [0.05, 0.1) is 6.26 Å². The lowest BCUT2D eigenvalue weighted by molar-refractivity contribution is -0.148. The summed E-state index contributed by atoms with van der Waals surface area (Å²) in [7, 11) is -3.23. The van der Waals surface area contributed by atoms with E-state index in [1.807, 2.05) is 6.26 Å². The standard InChI is InChI=1S/C13H24N2O5S2/c1-10(9-21-2)13(18)15(8-12(16)17)11-4-6-14(7-5-11)22(3,19)20/h10-11H,4-9H2,1-3H3,(H,16,17)/t10-/m1/s1. The van der Waals surface area contributed by atoms with Gasteiger partial charge < -0.3 is 10.0 Å². The second-order valence-electron chi connectivity index (χ2n) is 5.61. The van der Waals surface area contributed by atoms with E-state index in [-0.39, 0.29) is 24.4 Å². The smallest absolute Gasteiger partial charge is 0.323 e. The molecule has 128 valence electrons. The summed E-state index contributed by atoms with van der Waals surface area (Å²) >= 11 is 1.54. The van der Waals surface area contributed by atoms with Crippen molar-refractivity contribution in [2.24, 2.45) is 5.92 Å². The maximum absolute atomic E-state index is 12.5. The van der Waals surface area contributed by atoms with E-state index in [4.69, 9.17) is 5.11 Å². The van der Waals surface area contributed by atoms with Crippen molar-refractivity contribution < 1.29 is 23.1 Å². The van der Waals surface area contributed by atoms with Gasteiger partial charge in [-0.05, 0) is 19.1 Å². The molecular weight excluding hydrogens is 328 g/mol. The normalized spacial score (nSPS) is 18.9. The summed E-state index contributed by atoms with van der Waals surface area (Å²) in [5.74, 6) is -0.830. The van der Waals surface area contributed by atoms with E-state index < -0.39 is 16.0 Å². The molecule has 1 saturated heterocycles. The first-order chi connectivity index (χ1) is 10.2. The number of carboxylic acid groups (broad SMARTS) is 1. The molecular formula is C13H24N2O5S2. The Morgan fingerprint density at radius 1 is 1.36 bits per heavy atom. The highest BCUT2D eigenvalue weighted by Crippen LogP contribution is 2.21. The molecule has 7 nitrogen and oxygen atoms in total. The second kappa shape index (κ2) is 8.16. The van der Waals surface area contributed by atoms with Crippen LogP contribution in [-0.2, 0) is 19.6 Å². The van der Waals surface area contributed by atoms with E-state index in [9.17, 15) is 18.0 Å². The summed E-state index contributed by atoms with van der Waals surface area (Å²) in [6, 6.07) is -0.217. The molecule has 0 aliphatic carbocycles. The van der Waals surface area contributed by atoms with Crippen LogP contribution in [0.1, 0.15) is 19.8 Å². The molecule has 1 aliphatic heterocycles. The van der Waals surface area contributed by atoms with Gasteiger partial charge in [-0.1, -0.05) is 6.92 Å². The molecule has 1 aliphatic rings. The van der Waals surface area contributed by atoms with Crippen molar-refractivity contribution in [3.8, 4) is 0 Å². The number of nitrogens with zero attached hydrogens (tertiary/aromatic N) is 2. The quantitative estimate of drug-likeness (QED) is 0.709. The van der Waals surface area contributed by atoms with Crippen LogP contribution < -0.4 is 0 Å². The number of sulfonamides is 1. The fourth-order valence-electron chi connectivity index (χ4n) is 2.62. The number of carboxylic acids is 1. The highest BCUT2D eigenvalue weighted by molar-refractivity contribution is 7.98. The summed E-state index contributed by atoms with van der Waals surface area (Å²) in [4.78, 5) is 24.9. The number of carbonyl (C=O) groups is 2. The Labute approximate surface area is 136 Å². The molecule has 1 rings (SSSR count). The lowest BCUT2D eigenvalue weighted by Crippen LogP contribution is -2.51. The Balaban J connectivity index is 2.78. The molecule has 0 aromatic heterocycles. The molecule has 1 heterocycles. The van der Waals surface area contributed by atoms with Gasteiger partial charge in [-0.3, -0.25) is 9.59 Å². The fourth-order valence-corrected chi connectivity index (χ4v) is 4.14. The average molecular weight is 352 g/mol. The summed E-state index contributed by atoms with van der Waals surface area (Å²) in [5.41, 5.74) is 0. The van der Waals surface area contributed by atoms with Gasteiger partial charge in [0.2, 0.25) is 15.9 Å². The van der Waals surface area contributed by atoms with Crippen molar-refractivity contribution in [3.05, 3.63) is 0 Å². The van der Waals surface area contributed by atoms with Crippen LogP contribution in [0.15, 0.2) is 0 Å². The van der Waals surface area contributed by atoms with Gasteiger partial charge in [0, 0.05) is 30.8 Å². The summed E-state index contributed by atoms with van der Waals surface area (Å²) < 4.78 is 24.4. The highest BCUT2D eigenvalue weighted by atomic mass is 32.2. The van der Waals surface area contributed by atoms with Crippen LogP contribution in [0.4, 0.5) is 0 Å². The van der Waals surface area contributed by atoms with Crippen LogP contribution >= 0.6 is 11.8 Å². The van der Waals surface area contributed by atoms with Gasteiger partial charge in [-0.2, -0.15) is 11.8 Å². The number of rotatable bonds is 7. The van der Waals surface area contributed by atoms with E-state index in [0.29, 0.717) is 31.7 Å². The molecule has 0 unspecified atom stereocenters. The first-order valence-electron chi connectivity index (χ1n) is 7.13. The van der Waals surface area contributed by atoms with Gasteiger partial charge >= 0.3 is 5.97 Å². The van der Waals surface area contributed by atoms with Gasteiger partial charge in [0.1, 0.15) is 6.54 Å². The molecule has 0 bridgehead atoms. The van der Waals surface area contributed by atoms with Crippen molar-refractivity contribution in [2.75, 3.05) is 37.9 Å². The number of aliphatic carboxylic acids is 1. The van der Waals surface area contributed by atoms with Gasteiger partial charge in [0.15, 0.2) is 0 Å². The number of amides is 1. The Morgan fingerprint density at radius 3 is 2.32 bits per heavy atom. The second-order valence-corrected chi connectivity index (χ2v) is 8.50. The van der Waals surface area contributed by atoms with Crippen molar-refractivity contribution in [2.45, 2.75) is 25.8 Å². The zero-order valence-corrected chi connectivity index (χ0v) is 14.8. The van der Waals surface area contributed by atoms with Crippen LogP contribution in [0.2, 0.25) is 0 Å². The lowest BCUT2D eigenvalue weighted by Gasteiger charge is -2.38. The van der Waals surface area contributed by atoms with E-state index in [1.54, 1.807) is 18.7 Å². The molecule has 0 spiro atoms. The Kier molecular flexibility index (Phi) is 7.14. The number of hydrogen-bond acceptors (Lipinski definition) is 5. The monoisotopic (exact) mass is 352 g/mol. The summed E-state index contributed by atoms with van der Waals surface area (Å²) in [6.07, 6.45) is 4.00. The minimum Gasteiger partial charge on any atom is -0.480 e. The lowest BCUT2D eigenvalue weighted by atomic mass is 10.0. The number of hydrogen-bond donors (Lipinski definition) is 1. The van der Waals surface area contributed by atoms with E-state index in [1.165, 1.54) is 9.21 Å². The average Bonchev–Trinajstić information content (AvgIpc) is 2.43. The topological polar surface area (TPSA) is 95.0 Å². The largest absolute Gasteiger partial charge is 0.480 e. The molecule has 1 amide bonds. The van der Waals surface area contributed by atoms with Crippen molar-refractivity contribution >= 4 is 33.7 Å². The Morgan fingerprint density at radius 2 is 1.91 bits per heavy atom. The van der Waals surface area contributed by atoms with Crippen molar-refractivity contribution in [1.82, 2.24) is 9.21 Å². The maximum atomic E-state index is 12.5. The van der Waals surface area contributed by atoms with Crippen LogP contribution in [0, 0.1) is 5.92 Å². The van der Waals surface area contributed by atoms with Crippen LogP contribution in [0.5, 0.6) is 0 Å². The fraction of sp³-hybridized carbons (Fsp3) is 0.846. The first kappa shape index (κ1) is 19.2. The third-order valence-electron chi connectivity index (χ3n) is 3.76. The van der Waals surface area contributed by atoms with Gasteiger partial charge in [-0.15, -0.1) is 0 Å². The third-order valence-corrected chi connectivity index (χ3v) is 5.90. The van der Waals surface area contributed by atoms with Crippen LogP contribution in [-0.4, -0.2) is 78.5 Å². The van der Waals surface area contributed by atoms with Crippen molar-refractivity contribution in [1.29, 1.82) is 0 Å². The van der Waals surface area contributed by atoms with Gasteiger partial charge in [0.25, 0.3) is 0 Å². The predicted molar refractivity (Wildman–Crippen MR) is 86.3 cm³/mol. The molecule has 22 heavy (non-hydrogen) atoms. The zero-order chi connectivity index (χ0) is 16.9. The Hall–Kier alpha value is -0.800. The van der Waals surface area contributed by atoms with E-state index in [2.05, 4.69) is 0 Å². The predicted octanol–water partition coefficient (Wildman–Crippen LogP) is 0.323. The molecule has 0 aromatic rings. The zero-order valence-electron chi connectivity index (χ0n) is 13.2. The molecule has 1 N–H and O–H groups in total. The Bertz CT molecular complexity index is 501. The molecule has 1 fully saturated rings. The van der Waals surface area contributed by atoms with E-state index >= 15 is 0 Å². The van der Waals surface area contributed by atoms with E-state index in [0.717, 1.165) is 6.26 Å². The minimum atomic E-state index is -3.23. The van der Waals surface area contributed by atoms with Crippen LogP contribution in [0.25, 0.3) is 0 Å². The molecule has 1 atom stereocenters. The van der Waals surface area contributed by atoms with Gasteiger partial charge in [-0.25, -0.2) is 12.7 Å². The molecule has 9 heteroatoms. The molecule has 0 saturated carbocycles. The summed E-state index contributed by atoms with van der Waals surface area (Å²) in [6.45, 7) is 2.11. The van der Waals surface area contributed by atoms with Crippen molar-refractivity contribution in [3.63, 3.8) is 0 Å². The third kappa shape index (κ3) is 5.44.